The van der Waals surface area contributed by atoms with Crippen molar-refractivity contribution in [3.05, 3.63) is 41.1 Å². The lowest BCUT2D eigenvalue weighted by atomic mass is 9.90. The molecule has 2 aromatic rings. The van der Waals surface area contributed by atoms with Crippen molar-refractivity contribution >= 4 is 17.6 Å². The van der Waals surface area contributed by atoms with Gasteiger partial charge in [0.05, 0.1) is 12.5 Å². The lowest BCUT2D eigenvalue weighted by molar-refractivity contribution is -0.144. The molecule has 2 unspecified atom stereocenters. The number of piperidine rings is 1. The lowest BCUT2D eigenvalue weighted by Crippen LogP contribution is -2.41. The molecule has 2 heterocycles. The largest absolute Gasteiger partial charge is 0.481 e. The van der Waals surface area contributed by atoms with E-state index in [0.717, 1.165) is 30.0 Å². The van der Waals surface area contributed by atoms with Gasteiger partial charge in [-0.2, -0.15) is 0 Å². The summed E-state index contributed by atoms with van der Waals surface area (Å²) in [6, 6.07) is 9.32. The Labute approximate surface area is 139 Å². The minimum atomic E-state index is -0.721. The highest BCUT2D eigenvalue weighted by atomic mass is 35.5. The van der Waals surface area contributed by atoms with Crippen molar-refractivity contribution in [3.8, 4) is 11.3 Å². The van der Waals surface area contributed by atoms with Crippen LogP contribution in [0.1, 0.15) is 19.1 Å². The topological polar surface area (TPSA) is 66.6 Å². The van der Waals surface area contributed by atoms with Crippen molar-refractivity contribution in [3.63, 3.8) is 0 Å². The predicted octanol–water partition coefficient (Wildman–Crippen LogP) is 3.54. The fourth-order valence-corrected chi connectivity index (χ4v) is 3.26. The molecule has 0 bridgehead atoms. The third-order valence-electron chi connectivity index (χ3n) is 4.16. The van der Waals surface area contributed by atoms with E-state index in [1.165, 1.54) is 0 Å². The molecule has 0 spiro atoms. The Morgan fingerprint density at radius 3 is 2.83 bits per heavy atom. The van der Waals surface area contributed by atoms with Gasteiger partial charge in [-0.3, -0.25) is 9.69 Å². The van der Waals surface area contributed by atoms with Crippen LogP contribution in [-0.2, 0) is 11.3 Å². The van der Waals surface area contributed by atoms with Crippen LogP contribution >= 0.6 is 11.6 Å². The Kier molecular flexibility index (Phi) is 4.68. The summed E-state index contributed by atoms with van der Waals surface area (Å²) in [6.45, 7) is 4.09. The molecule has 1 aromatic carbocycles. The first-order valence-corrected chi connectivity index (χ1v) is 8.05. The molecule has 0 saturated carbocycles. The third kappa shape index (κ3) is 3.92. The van der Waals surface area contributed by atoms with Gasteiger partial charge in [0.1, 0.15) is 5.69 Å². The number of rotatable bonds is 4. The second-order valence-electron chi connectivity index (χ2n) is 6.26. The second kappa shape index (κ2) is 6.72. The molecule has 2 atom stereocenters. The number of benzene rings is 1. The second-order valence-corrected chi connectivity index (χ2v) is 6.69. The van der Waals surface area contributed by atoms with Crippen molar-refractivity contribution in [1.82, 2.24) is 10.1 Å². The molecule has 1 fully saturated rings. The van der Waals surface area contributed by atoms with Crippen LogP contribution in [0.15, 0.2) is 34.9 Å². The van der Waals surface area contributed by atoms with Crippen molar-refractivity contribution in [2.24, 2.45) is 11.8 Å². The number of likely N-dealkylation sites (tertiary alicyclic amines) is 1. The van der Waals surface area contributed by atoms with Gasteiger partial charge in [-0.15, -0.1) is 0 Å². The quantitative estimate of drug-likeness (QED) is 0.926. The van der Waals surface area contributed by atoms with Crippen molar-refractivity contribution in [1.29, 1.82) is 0 Å². The molecule has 23 heavy (non-hydrogen) atoms. The fourth-order valence-electron chi connectivity index (χ4n) is 3.13. The SMILES string of the molecule is CC1CC(C(=O)O)CN(Cc2cc(-c3ccc(Cl)cc3)no2)C1. The number of aromatic nitrogens is 1. The van der Waals surface area contributed by atoms with Gasteiger partial charge in [0.25, 0.3) is 0 Å². The van der Waals surface area contributed by atoms with Crippen LogP contribution in [0.3, 0.4) is 0 Å². The van der Waals surface area contributed by atoms with E-state index in [4.69, 9.17) is 16.1 Å². The first-order chi connectivity index (χ1) is 11.0. The fraction of sp³-hybridized carbons (Fsp3) is 0.412. The van der Waals surface area contributed by atoms with Gasteiger partial charge < -0.3 is 9.63 Å². The molecule has 1 aliphatic heterocycles. The molecule has 3 rings (SSSR count). The average molecular weight is 335 g/mol. The molecule has 0 radical (unpaired) electrons. The zero-order valence-electron chi connectivity index (χ0n) is 12.9. The summed E-state index contributed by atoms with van der Waals surface area (Å²) in [5.41, 5.74) is 1.70. The number of nitrogens with zero attached hydrogens (tertiary/aromatic N) is 2. The van der Waals surface area contributed by atoms with Crippen LogP contribution in [0.5, 0.6) is 0 Å². The number of halogens is 1. The Bertz CT molecular complexity index is 683. The predicted molar refractivity (Wildman–Crippen MR) is 87.1 cm³/mol. The summed E-state index contributed by atoms with van der Waals surface area (Å²) in [7, 11) is 0. The number of aliphatic carboxylic acids is 1. The Hall–Kier alpha value is -1.85. The number of hydrogen-bond acceptors (Lipinski definition) is 4. The van der Waals surface area contributed by atoms with Crippen LogP contribution in [0.2, 0.25) is 5.02 Å². The average Bonchev–Trinajstić information content (AvgIpc) is 2.95. The molecule has 1 saturated heterocycles. The summed E-state index contributed by atoms with van der Waals surface area (Å²) in [5.74, 6) is 0.0788. The minimum Gasteiger partial charge on any atom is -0.481 e. The Balaban J connectivity index is 1.69. The van der Waals surface area contributed by atoms with Crippen LogP contribution in [0.4, 0.5) is 0 Å². The summed E-state index contributed by atoms with van der Waals surface area (Å²) < 4.78 is 5.41. The maximum Gasteiger partial charge on any atom is 0.307 e. The summed E-state index contributed by atoms with van der Waals surface area (Å²) in [6.07, 6.45) is 0.734. The maximum atomic E-state index is 11.2. The molecule has 1 N–H and O–H groups in total. The van der Waals surface area contributed by atoms with E-state index in [2.05, 4.69) is 17.0 Å². The van der Waals surface area contributed by atoms with E-state index >= 15 is 0 Å². The minimum absolute atomic E-state index is 0.308. The zero-order chi connectivity index (χ0) is 16.4. The van der Waals surface area contributed by atoms with E-state index < -0.39 is 5.97 Å². The number of carboxylic acids is 1. The standard InChI is InChI=1S/C17H19ClN2O3/c1-11-6-13(17(21)22)9-20(8-11)10-15-7-16(19-23-15)12-2-4-14(18)5-3-12/h2-5,7,11,13H,6,8-10H2,1H3,(H,21,22). The van der Waals surface area contributed by atoms with Gasteiger partial charge in [0.15, 0.2) is 5.76 Å². The van der Waals surface area contributed by atoms with Gasteiger partial charge in [0.2, 0.25) is 0 Å². The summed E-state index contributed by atoms with van der Waals surface area (Å²) in [5, 5.41) is 14.0. The molecule has 0 aliphatic carbocycles. The van der Waals surface area contributed by atoms with Gasteiger partial charge >= 0.3 is 5.97 Å². The molecular weight excluding hydrogens is 316 g/mol. The molecule has 1 aromatic heterocycles. The Morgan fingerprint density at radius 2 is 2.13 bits per heavy atom. The smallest absolute Gasteiger partial charge is 0.307 e. The van der Waals surface area contributed by atoms with Crippen LogP contribution in [0, 0.1) is 11.8 Å². The van der Waals surface area contributed by atoms with Gasteiger partial charge in [0, 0.05) is 29.7 Å². The highest BCUT2D eigenvalue weighted by Gasteiger charge is 2.29. The van der Waals surface area contributed by atoms with E-state index in [0.29, 0.717) is 24.0 Å². The normalized spacial score (nSPS) is 22.2. The van der Waals surface area contributed by atoms with Gasteiger partial charge in [-0.25, -0.2) is 0 Å². The van der Waals surface area contributed by atoms with E-state index in [1.54, 1.807) is 0 Å². The van der Waals surface area contributed by atoms with E-state index in [9.17, 15) is 9.90 Å². The number of carboxylic acid groups (broad SMARTS) is 1. The van der Waals surface area contributed by atoms with Gasteiger partial charge in [-0.05, 0) is 24.5 Å². The highest BCUT2D eigenvalue weighted by molar-refractivity contribution is 6.30. The molecule has 0 amide bonds. The third-order valence-corrected chi connectivity index (χ3v) is 4.41. The summed E-state index contributed by atoms with van der Waals surface area (Å²) in [4.78, 5) is 13.4. The molecule has 1 aliphatic rings. The maximum absolute atomic E-state index is 11.2. The van der Waals surface area contributed by atoms with Gasteiger partial charge in [-0.1, -0.05) is 35.8 Å². The lowest BCUT2D eigenvalue weighted by Gasteiger charge is -2.33. The number of hydrogen-bond donors (Lipinski definition) is 1. The van der Waals surface area contributed by atoms with Crippen molar-refractivity contribution < 1.29 is 14.4 Å². The molecule has 5 nitrogen and oxygen atoms in total. The first-order valence-electron chi connectivity index (χ1n) is 7.68. The van der Waals surface area contributed by atoms with Crippen LogP contribution < -0.4 is 0 Å². The first kappa shape index (κ1) is 16.0. The summed E-state index contributed by atoms with van der Waals surface area (Å²) >= 11 is 5.89. The zero-order valence-corrected chi connectivity index (χ0v) is 13.7. The molecular formula is C17H19ClN2O3. The van der Waals surface area contributed by atoms with Crippen LogP contribution in [0.25, 0.3) is 11.3 Å². The Morgan fingerprint density at radius 1 is 1.39 bits per heavy atom. The van der Waals surface area contributed by atoms with Crippen molar-refractivity contribution in [2.45, 2.75) is 19.9 Å². The highest BCUT2D eigenvalue weighted by Crippen LogP contribution is 2.25. The molecule has 6 heteroatoms. The van der Waals surface area contributed by atoms with E-state index in [1.807, 2.05) is 30.3 Å². The van der Waals surface area contributed by atoms with Crippen molar-refractivity contribution in [2.75, 3.05) is 13.1 Å². The monoisotopic (exact) mass is 334 g/mol. The van der Waals surface area contributed by atoms with E-state index in [-0.39, 0.29) is 5.92 Å². The molecule has 122 valence electrons. The van der Waals surface area contributed by atoms with Crippen LogP contribution in [-0.4, -0.2) is 34.2 Å². The number of carbonyl (C=O) groups is 1.